The number of aryl methyl sites for hydroxylation is 1. The van der Waals surface area contributed by atoms with Crippen molar-refractivity contribution in [3.8, 4) is 5.69 Å². The van der Waals surface area contributed by atoms with Gasteiger partial charge >= 0.3 is 6.03 Å². The molecule has 7 heteroatoms. The van der Waals surface area contributed by atoms with Gasteiger partial charge in [0.2, 0.25) is 5.91 Å². The molecular weight excluding hydrogens is 300 g/mol. The Labute approximate surface area is 133 Å². The molecule has 0 fully saturated rings. The maximum absolute atomic E-state index is 11.4. The number of amides is 3. The minimum Gasteiger partial charge on any atom is -0.351 e. The van der Waals surface area contributed by atoms with E-state index in [4.69, 9.17) is 5.73 Å². The molecule has 2 aromatic rings. The summed E-state index contributed by atoms with van der Waals surface area (Å²) in [5.74, 6) is 0.130. The predicted molar refractivity (Wildman–Crippen MR) is 86.1 cm³/mol. The van der Waals surface area contributed by atoms with Gasteiger partial charge < -0.3 is 5.73 Å². The van der Waals surface area contributed by atoms with Gasteiger partial charge in [0.25, 0.3) is 0 Å². The van der Waals surface area contributed by atoms with Gasteiger partial charge in [-0.1, -0.05) is 23.9 Å². The fourth-order valence-electron chi connectivity index (χ4n) is 2.01. The zero-order chi connectivity index (χ0) is 16.1. The number of hydrogen-bond donors (Lipinski definition) is 2. The van der Waals surface area contributed by atoms with E-state index in [9.17, 15) is 9.59 Å². The third-order valence-corrected chi connectivity index (χ3v) is 4.23. The molecule has 0 bridgehead atoms. The first kappa shape index (κ1) is 16.1. The highest BCUT2D eigenvalue weighted by molar-refractivity contribution is 7.99. The highest BCUT2D eigenvalue weighted by Crippen LogP contribution is 2.24. The van der Waals surface area contributed by atoms with Gasteiger partial charge in [-0.15, -0.1) is 0 Å². The van der Waals surface area contributed by atoms with E-state index in [0.717, 1.165) is 10.8 Å². The smallest absolute Gasteiger partial charge is 0.318 e. The Bertz CT molecular complexity index is 697. The Balaban J connectivity index is 2.06. The molecule has 0 saturated heterocycles. The van der Waals surface area contributed by atoms with Gasteiger partial charge in [0.15, 0.2) is 5.16 Å². The molecular formula is C15H18N4O2S. The summed E-state index contributed by atoms with van der Waals surface area (Å²) in [4.78, 5) is 26.3. The molecule has 3 amide bonds. The second-order valence-electron chi connectivity index (χ2n) is 4.81. The van der Waals surface area contributed by atoms with Crippen LogP contribution in [0.5, 0.6) is 0 Å². The summed E-state index contributed by atoms with van der Waals surface area (Å²) in [6.45, 7) is 4.14. The average molecular weight is 318 g/mol. The summed E-state index contributed by atoms with van der Waals surface area (Å²) >= 11 is 1.46. The van der Waals surface area contributed by atoms with Crippen LogP contribution in [0.25, 0.3) is 5.69 Å². The lowest BCUT2D eigenvalue weighted by Gasteiger charge is -2.12. The molecule has 3 N–H and O–H groups in total. The van der Waals surface area contributed by atoms with Crippen molar-refractivity contribution in [3.05, 3.63) is 41.7 Å². The van der Waals surface area contributed by atoms with E-state index < -0.39 is 6.03 Å². The fraction of sp³-hybridized carbons (Fsp3) is 0.267. The number of thioether (sulfide) groups is 1. The second-order valence-corrected chi connectivity index (χ2v) is 5.87. The van der Waals surface area contributed by atoms with Crippen molar-refractivity contribution in [1.82, 2.24) is 14.9 Å². The van der Waals surface area contributed by atoms with Crippen LogP contribution >= 0.6 is 11.8 Å². The quantitative estimate of drug-likeness (QED) is 0.827. The zero-order valence-electron chi connectivity index (χ0n) is 12.5. The van der Waals surface area contributed by atoms with Gasteiger partial charge in [0.1, 0.15) is 0 Å². The van der Waals surface area contributed by atoms with Gasteiger partial charge in [0, 0.05) is 24.6 Å². The number of hydrogen-bond acceptors (Lipinski definition) is 4. The molecule has 116 valence electrons. The molecule has 1 aromatic carbocycles. The van der Waals surface area contributed by atoms with Crippen LogP contribution in [0.3, 0.4) is 0 Å². The summed E-state index contributed by atoms with van der Waals surface area (Å²) in [5.41, 5.74) is 8.37. The molecule has 22 heavy (non-hydrogen) atoms. The Morgan fingerprint density at radius 3 is 2.86 bits per heavy atom. The van der Waals surface area contributed by atoms with E-state index in [2.05, 4.69) is 24.9 Å². The van der Waals surface area contributed by atoms with E-state index >= 15 is 0 Å². The summed E-state index contributed by atoms with van der Waals surface area (Å²) in [6.07, 6.45) is 3.83. The number of primary amides is 1. The van der Waals surface area contributed by atoms with Crippen LogP contribution in [0.1, 0.15) is 17.5 Å². The average Bonchev–Trinajstić information content (AvgIpc) is 2.89. The number of imidazole rings is 1. The van der Waals surface area contributed by atoms with Gasteiger partial charge in [-0.05, 0) is 31.0 Å². The van der Waals surface area contributed by atoms with Crippen LogP contribution in [0.2, 0.25) is 0 Å². The highest BCUT2D eigenvalue weighted by atomic mass is 32.2. The number of urea groups is 1. The number of rotatable bonds is 5. The van der Waals surface area contributed by atoms with Crippen molar-refractivity contribution >= 4 is 23.7 Å². The van der Waals surface area contributed by atoms with E-state index in [1.165, 1.54) is 22.9 Å². The number of nitrogens with one attached hydrogen (secondary N) is 1. The number of imide groups is 1. The van der Waals surface area contributed by atoms with Crippen molar-refractivity contribution < 1.29 is 9.59 Å². The van der Waals surface area contributed by atoms with E-state index in [-0.39, 0.29) is 12.3 Å². The predicted octanol–water partition coefficient (Wildman–Crippen LogP) is 2.17. The highest BCUT2D eigenvalue weighted by Gasteiger charge is 2.10. The molecule has 0 atom stereocenters. The molecule has 1 heterocycles. The first-order valence-corrected chi connectivity index (χ1v) is 7.79. The molecule has 1 aromatic heterocycles. The number of carbonyl (C=O) groups is 2. The van der Waals surface area contributed by atoms with Crippen molar-refractivity contribution in [3.63, 3.8) is 0 Å². The number of carbonyl (C=O) groups excluding carboxylic acids is 2. The van der Waals surface area contributed by atoms with E-state index in [1.54, 1.807) is 6.20 Å². The van der Waals surface area contributed by atoms with Crippen LogP contribution in [-0.2, 0) is 4.79 Å². The third kappa shape index (κ3) is 3.88. The maximum Gasteiger partial charge on any atom is 0.318 e. The van der Waals surface area contributed by atoms with Crippen LogP contribution < -0.4 is 11.1 Å². The number of nitrogens with two attached hydrogens (primary N) is 1. The molecule has 0 aliphatic carbocycles. The SMILES string of the molecule is Cc1cccc(-n2ccnc2SCCC(=O)NC(N)=O)c1C. The molecule has 0 unspecified atom stereocenters. The van der Waals surface area contributed by atoms with Crippen LogP contribution in [0, 0.1) is 13.8 Å². The third-order valence-electron chi connectivity index (χ3n) is 3.27. The Morgan fingerprint density at radius 1 is 1.36 bits per heavy atom. The summed E-state index contributed by atoms with van der Waals surface area (Å²) in [7, 11) is 0. The van der Waals surface area contributed by atoms with Crippen molar-refractivity contribution in [2.24, 2.45) is 5.73 Å². The molecule has 0 aliphatic rings. The zero-order valence-corrected chi connectivity index (χ0v) is 13.3. The minimum absolute atomic E-state index is 0.202. The normalized spacial score (nSPS) is 10.5. The number of aromatic nitrogens is 2. The monoisotopic (exact) mass is 318 g/mol. The van der Waals surface area contributed by atoms with Gasteiger partial charge in [-0.3, -0.25) is 14.7 Å². The first-order valence-electron chi connectivity index (χ1n) is 6.81. The Hall–Kier alpha value is -2.28. The second kappa shape index (κ2) is 7.13. The Morgan fingerprint density at radius 2 is 2.14 bits per heavy atom. The number of benzene rings is 1. The minimum atomic E-state index is -0.827. The first-order chi connectivity index (χ1) is 10.5. The maximum atomic E-state index is 11.4. The molecule has 2 rings (SSSR count). The topological polar surface area (TPSA) is 90.0 Å². The fourth-order valence-corrected chi connectivity index (χ4v) is 2.92. The van der Waals surface area contributed by atoms with E-state index in [0.29, 0.717) is 5.75 Å². The lowest BCUT2D eigenvalue weighted by Crippen LogP contribution is -2.35. The van der Waals surface area contributed by atoms with Gasteiger partial charge in [-0.25, -0.2) is 9.78 Å². The van der Waals surface area contributed by atoms with Gasteiger partial charge in [-0.2, -0.15) is 0 Å². The van der Waals surface area contributed by atoms with E-state index in [1.807, 2.05) is 28.2 Å². The molecule has 0 spiro atoms. The molecule has 0 saturated carbocycles. The molecule has 0 radical (unpaired) electrons. The largest absolute Gasteiger partial charge is 0.351 e. The Kier molecular flexibility index (Phi) is 5.21. The standard InChI is InChI=1S/C15H18N4O2S/c1-10-4-3-5-12(11(10)2)19-8-7-17-15(19)22-9-6-13(20)18-14(16)21/h3-5,7-8H,6,9H2,1-2H3,(H3,16,18,20,21). The van der Waals surface area contributed by atoms with Crippen molar-refractivity contribution in [2.45, 2.75) is 25.4 Å². The lowest BCUT2D eigenvalue weighted by atomic mass is 10.1. The van der Waals surface area contributed by atoms with Crippen LogP contribution in [0.4, 0.5) is 4.79 Å². The molecule has 0 aliphatic heterocycles. The lowest BCUT2D eigenvalue weighted by molar-refractivity contribution is -0.119. The van der Waals surface area contributed by atoms with Crippen LogP contribution in [-0.4, -0.2) is 27.2 Å². The van der Waals surface area contributed by atoms with Gasteiger partial charge in [0.05, 0.1) is 5.69 Å². The molecule has 6 nitrogen and oxygen atoms in total. The van der Waals surface area contributed by atoms with Crippen molar-refractivity contribution in [1.29, 1.82) is 0 Å². The van der Waals surface area contributed by atoms with Crippen LogP contribution in [0.15, 0.2) is 35.7 Å². The summed E-state index contributed by atoms with van der Waals surface area (Å²) in [5, 5.41) is 2.85. The van der Waals surface area contributed by atoms with Crippen molar-refractivity contribution in [2.75, 3.05) is 5.75 Å². The summed E-state index contributed by atoms with van der Waals surface area (Å²) < 4.78 is 2.00. The number of nitrogens with zero attached hydrogens (tertiary/aromatic N) is 2. The summed E-state index contributed by atoms with van der Waals surface area (Å²) in [6, 6.07) is 5.28.